The Labute approximate surface area is 222 Å². The second-order valence-corrected chi connectivity index (χ2v) is 11.8. The molecule has 2 saturated heterocycles. The highest BCUT2D eigenvalue weighted by Crippen LogP contribution is 2.37. The number of nitrogens with one attached hydrogen (secondary N) is 1. The molecule has 2 aliphatic heterocycles. The van der Waals surface area contributed by atoms with Gasteiger partial charge in [0.25, 0.3) is 0 Å². The molecule has 7 heteroatoms. The van der Waals surface area contributed by atoms with Crippen LogP contribution in [0.5, 0.6) is 0 Å². The Morgan fingerprint density at radius 3 is 2.46 bits per heavy atom. The molecular weight excluding hydrogens is 462 g/mol. The third-order valence-corrected chi connectivity index (χ3v) is 9.30. The standard InChI is InChI=1S/C30H47N5O2/c1-4-37-30(36)32-20-28-27(21-33-16-5-6-17-33)26-8-7-15-31-29(26)35(28)25-13-18-34(19-14-25)24-11-9-23(10-12-24)22(2)3/h7-8,15,22-25H,4-6,9-14,16-21H2,1-3H3,(H,32,36). The van der Waals surface area contributed by atoms with Gasteiger partial charge in [-0.05, 0) is 101 Å². The van der Waals surface area contributed by atoms with Crippen molar-refractivity contribution in [3.63, 3.8) is 0 Å². The van der Waals surface area contributed by atoms with Crippen LogP contribution in [0.4, 0.5) is 4.79 Å². The van der Waals surface area contributed by atoms with E-state index < -0.39 is 0 Å². The van der Waals surface area contributed by atoms with Gasteiger partial charge in [0, 0.05) is 49.0 Å². The smallest absolute Gasteiger partial charge is 0.407 e. The molecule has 1 aliphatic carbocycles. The van der Waals surface area contributed by atoms with Gasteiger partial charge in [-0.25, -0.2) is 9.78 Å². The van der Waals surface area contributed by atoms with Crippen LogP contribution >= 0.6 is 0 Å². The average Bonchev–Trinajstić information content (AvgIpc) is 3.54. The molecule has 0 radical (unpaired) electrons. The van der Waals surface area contributed by atoms with Crippen molar-refractivity contribution >= 4 is 17.1 Å². The zero-order valence-electron chi connectivity index (χ0n) is 23.3. The monoisotopic (exact) mass is 509 g/mol. The van der Waals surface area contributed by atoms with E-state index in [0.717, 1.165) is 69.1 Å². The van der Waals surface area contributed by atoms with E-state index in [-0.39, 0.29) is 6.09 Å². The van der Waals surface area contributed by atoms with Crippen molar-refractivity contribution in [3.05, 3.63) is 29.6 Å². The number of likely N-dealkylation sites (tertiary alicyclic amines) is 2. The molecule has 1 amide bonds. The molecule has 7 nitrogen and oxygen atoms in total. The number of nitrogens with zero attached hydrogens (tertiary/aromatic N) is 4. The van der Waals surface area contributed by atoms with Gasteiger partial charge in [-0.3, -0.25) is 4.90 Å². The minimum Gasteiger partial charge on any atom is -0.450 e. The van der Waals surface area contributed by atoms with E-state index in [0.29, 0.717) is 19.2 Å². The molecule has 3 fully saturated rings. The lowest BCUT2D eigenvalue weighted by molar-refractivity contribution is 0.0887. The highest BCUT2D eigenvalue weighted by molar-refractivity contribution is 5.82. The van der Waals surface area contributed by atoms with Gasteiger partial charge in [0.1, 0.15) is 5.65 Å². The van der Waals surface area contributed by atoms with Crippen LogP contribution in [0.15, 0.2) is 18.3 Å². The first kappa shape index (κ1) is 26.5. The van der Waals surface area contributed by atoms with E-state index in [1.165, 1.54) is 55.2 Å². The highest BCUT2D eigenvalue weighted by Gasteiger charge is 2.32. The van der Waals surface area contributed by atoms with Crippen LogP contribution in [0.25, 0.3) is 11.0 Å². The number of amides is 1. The van der Waals surface area contributed by atoms with Gasteiger partial charge in [-0.1, -0.05) is 13.8 Å². The topological polar surface area (TPSA) is 62.6 Å². The fourth-order valence-corrected chi connectivity index (χ4v) is 7.16. The number of piperidine rings is 1. The molecule has 2 aromatic rings. The van der Waals surface area contributed by atoms with Crippen molar-refractivity contribution in [2.75, 3.05) is 32.8 Å². The molecule has 0 unspecified atom stereocenters. The molecule has 0 aromatic carbocycles. The number of carbonyl (C=O) groups excluding carboxylic acids is 1. The number of ether oxygens (including phenoxy) is 1. The first-order valence-electron chi connectivity index (χ1n) is 14.9. The predicted molar refractivity (Wildman–Crippen MR) is 149 cm³/mol. The minimum absolute atomic E-state index is 0.341. The molecule has 204 valence electrons. The van der Waals surface area contributed by atoms with Crippen LogP contribution < -0.4 is 5.32 Å². The van der Waals surface area contributed by atoms with Gasteiger partial charge in [0.15, 0.2) is 0 Å². The van der Waals surface area contributed by atoms with Gasteiger partial charge >= 0.3 is 6.09 Å². The highest BCUT2D eigenvalue weighted by atomic mass is 16.5. The first-order valence-corrected chi connectivity index (χ1v) is 14.9. The SMILES string of the molecule is CCOC(=O)NCc1c(CN2CCCC2)c2cccnc2n1C1CCN(C2CCC(C(C)C)CC2)CC1. The summed E-state index contributed by atoms with van der Waals surface area (Å²) >= 11 is 0. The van der Waals surface area contributed by atoms with Crippen molar-refractivity contribution in [2.45, 2.75) is 97.3 Å². The fourth-order valence-electron chi connectivity index (χ4n) is 7.16. The molecule has 4 heterocycles. The van der Waals surface area contributed by atoms with E-state index in [4.69, 9.17) is 9.72 Å². The van der Waals surface area contributed by atoms with Crippen LogP contribution in [0.3, 0.4) is 0 Å². The maximum Gasteiger partial charge on any atom is 0.407 e. The summed E-state index contributed by atoms with van der Waals surface area (Å²) in [6, 6.07) is 5.44. The minimum atomic E-state index is -0.341. The number of hydrogen-bond acceptors (Lipinski definition) is 5. The number of fused-ring (bicyclic) bond motifs is 1. The van der Waals surface area contributed by atoms with Crippen molar-refractivity contribution in [2.24, 2.45) is 11.8 Å². The number of carbonyl (C=O) groups is 1. The molecule has 0 bridgehead atoms. The van der Waals surface area contributed by atoms with Gasteiger partial charge < -0.3 is 19.5 Å². The quantitative estimate of drug-likeness (QED) is 0.492. The van der Waals surface area contributed by atoms with Crippen LogP contribution in [-0.4, -0.2) is 64.3 Å². The molecule has 37 heavy (non-hydrogen) atoms. The number of aromatic nitrogens is 2. The van der Waals surface area contributed by atoms with Crippen LogP contribution in [0, 0.1) is 11.8 Å². The first-order chi connectivity index (χ1) is 18.0. The van der Waals surface area contributed by atoms with Crippen LogP contribution in [-0.2, 0) is 17.8 Å². The molecule has 1 saturated carbocycles. The predicted octanol–water partition coefficient (Wildman–Crippen LogP) is 5.73. The summed E-state index contributed by atoms with van der Waals surface area (Å²) in [7, 11) is 0. The lowest BCUT2D eigenvalue weighted by Crippen LogP contribution is -2.44. The Morgan fingerprint density at radius 1 is 1.05 bits per heavy atom. The fraction of sp³-hybridized carbons (Fsp3) is 0.733. The summed E-state index contributed by atoms with van der Waals surface area (Å²) in [5.74, 6) is 1.73. The van der Waals surface area contributed by atoms with Gasteiger partial charge in [0.05, 0.1) is 13.2 Å². The van der Waals surface area contributed by atoms with Crippen molar-refractivity contribution in [3.8, 4) is 0 Å². The number of pyridine rings is 1. The summed E-state index contributed by atoms with van der Waals surface area (Å²) in [4.78, 5) is 22.5. The van der Waals surface area contributed by atoms with Crippen molar-refractivity contribution in [1.82, 2.24) is 24.7 Å². The summed E-state index contributed by atoms with van der Waals surface area (Å²) in [5, 5.41) is 4.28. The van der Waals surface area contributed by atoms with Gasteiger partial charge in [-0.15, -0.1) is 0 Å². The largest absolute Gasteiger partial charge is 0.450 e. The molecule has 0 atom stereocenters. The van der Waals surface area contributed by atoms with Gasteiger partial charge in [-0.2, -0.15) is 0 Å². The lowest BCUT2D eigenvalue weighted by atomic mass is 9.79. The molecule has 0 spiro atoms. The Balaban J connectivity index is 1.36. The second-order valence-electron chi connectivity index (χ2n) is 11.8. The molecule has 1 N–H and O–H groups in total. The Morgan fingerprint density at radius 2 is 1.78 bits per heavy atom. The zero-order valence-corrected chi connectivity index (χ0v) is 23.3. The number of rotatable bonds is 8. The summed E-state index contributed by atoms with van der Waals surface area (Å²) in [5.41, 5.74) is 3.62. The van der Waals surface area contributed by atoms with E-state index >= 15 is 0 Å². The lowest BCUT2D eigenvalue weighted by Gasteiger charge is -2.42. The summed E-state index contributed by atoms with van der Waals surface area (Å²) in [6.45, 7) is 13.0. The third-order valence-electron chi connectivity index (χ3n) is 9.30. The zero-order chi connectivity index (χ0) is 25.8. The van der Waals surface area contributed by atoms with E-state index in [1.54, 1.807) is 0 Å². The average molecular weight is 510 g/mol. The number of alkyl carbamates (subject to hydrolysis) is 1. The molecule has 5 rings (SSSR count). The second kappa shape index (κ2) is 12.2. The van der Waals surface area contributed by atoms with Gasteiger partial charge in [0.2, 0.25) is 0 Å². The molecular formula is C30H47N5O2. The normalized spacial score (nSPS) is 24.2. The Bertz CT molecular complexity index is 1030. The molecule has 2 aromatic heterocycles. The maximum absolute atomic E-state index is 12.3. The van der Waals surface area contributed by atoms with Crippen molar-refractivity contribution in [1.29, 1.82) is 0 Å². The van der Waals surface area contributed by atoms with E-state index in [9.17, 15) is 4.79 Å². The van der Waals surface area contributed by atoms with E-state index in [1.807, 2.05) is 13.1 Å². The summed E-state index contributed by atoms with van der Waals surface area (Å²) in [6.07, 6.45) is 11.9. The van der Waals surface area contributed by atoms with Crippen molar-refractivity contribution < 1.29 is 9.53 Å². The maximum atomic E-state index is 12.3. The molecule has 3 aliphatic rings. The Hall–Kier alpha value is -2.12. The Kier molecular flexibility index (Phi) is 8.71. The van der Waals surface area contributed by atoms with E-state index in [2.05, 4.69) is 45.7 Å². The number of hydrogen-bond donors (Lipinski definition) is 1. The summed E-state index contributed by atoms with van der Waals surface area (Å²) < 4.78 is 7.69. The van der Waals surface area contributed by atoms with Crippen LogP contribution in [0.2, 0.25) is 0 Å². The third kappa shape index (κ3) is 5.98. The van der Waals surface area contributed by atoms with Crippen LogP contribution in [0.1, 0.15) is 89.4 Å².